The number of carbonyl (C=O) groups is 1. The molecular weight excluding hydrogens is 260 g/mol. The number of hydrogen-bond acceptors (Lipinski definition) is 3. The van der Waals surface area contributed by atoms with Crippen LogP contribution in [-0.4, -0.2) is 55.4 Å². The SMILES string of the molecule is CN1CCN(CCC(=O)c2cccc3ccccc23)CC1. The Bertz CT molecular complexity index is 625. The molecule has 0 aliphatic carbocycles. The second-order valence-corrected chi connectivity index (χ2v) is 5.84. The van der Waals surface area contributed by atoms with Crippen LogP contribution in [0.4, 0.5) is 0 Å². The van der Waals surface area contributed by atoms with Crippen LogP contribution in [0, 0.1) is 0 Å². The van der Waals surface area contributed by atoms with Gasteiger partial charge in [-0.05, 0) is 17.8 Å². The number of rotatable bonds is 4. The smallest absolute Gasteiger partial charge is 0.164 e. The van der Waals surface area contributed by atoms with Gasteiger partial charge >= 0.3 is 0 Å². The van der Waals surface area contributed by atoms with E-state index in [-0.39, 0.29) is 5.78 Å². The molecule has 0 amide bonds. The minimum absolute atomic E-state index is 0.255. The monoisotopic (exact) mass is 282 g/mol. The van der Waals surface area contributed by atoms with Gasteiger partial charge in [0.25, 0.3) is 0 Å². The first-order chi connectivity index (χ1) is 10.2. The number of likely N-dealkylation sites (N-methyl/N-ethyl adjacent to an activating group) is 1. The molecule has 0 bridgehead atoms. The molecule has 0 spiro atoms. The lowest BCUT2D eigenvalue weighted by Gasteiger charge is -2.32. The summed E-state index contributed by atoms with van der Waals surface area (Å²) in [6.45, 7) is 5.21. The third-order valence-electron chi connectivity index (χ3n) is 4.34. The molecule has 0 aromatic heterocycles. The Kier molecular flexibility index (Phi) is 4.32. The predicted molar refractivity (Wildman–Crippen MR) is 86.8 cm³/mol. The van der Waals surface area contributed by atoms with Crippen molar-refractivity contribution in [2.75, 3.05) is 39.8 Å². The second-order valence-electron chi connectivity index (χ2n) is 5.84. The van der Waals surface area contributed by atoms with Gasteiger partial charge in [-0.3, -0.25) is 4.79 Å². The van der Waals surface area contributed by atoms with Gasteiger partial charge in [0, 0.05) is 44.7 Å². The van der Waals surface area contributed by atoms with Crippen molar-refractivity contribution in [3.8, 4) is 0 Å². The number of nitrogens with zero attached hydrogens (tertiary/aromatic N) is 2. The first-order valence-corrected chi connectivity index (χ1v) is 7.66. The van der Waals surface area contributed by atoms with Gasteiger partial charge in [0.05, 0.1) is 0 Å². The maximum Gasteiger partial charge on any atom is 0.164 e. The van der Waals surface area contributed by atoms with Gasteiger partial charge in [0.1, 0.15) is 0 Å². The van der Waals surface area contributed by atoms with Gasteiger partial charge in [-0.1, -0.05) is 42.5 Å². The number of fused-ring (bicyclic) bond motifs is 1. The Morgan fingerprint density at radius 3 is 2.52 bits per heavy atom. The summed E-state index contributed by atoms with van der Waals surface area (Å²) in [5.41, 5.74) is 0.863. The molecule has 21 heavy (non-hydrogen) atoms. The van der Waals surface area contributed by atoms with Crippen molar-refractivity contribution in [3.63, 3.8) is 0 Å². The summed E-state index contributed by atoms with van der Waals surface area (Å²) < 4.78 is 0. The Labute approximate surface area is 126 Å². The number of piperazine rings is 1. The van der Waals surface area contributed by atoms with Crippen molar-refractivity contribution in [1.29, 1.82) is 0 Å². The zero-order valence-electron chi connectivity index (χ0n) is 12.6. The molecule has 3 rings (SSSR count). The topological polar surface area (TPSA) is 23.6 Å². The average molecular weight is 282 g/mol. The molecule has 3 heteroatoms. The molecule has 0 radical (unpaired) electrons. The first kappa shape index (κ1) is 14.2. The molecular formula is C18H22N2O. The highest BCUT2D eigenvalue weighted by Gasteiger charge is 2.16. The van der Waals surface area contributed by atoms with Gasteiger partial charge < -0.3 is 9.80 Å². The van der Waals surface area contributed by atoms with E-state index in [0.717, 1.165) is 49.1 Å². The fourth-order valence-electron chi connectivity index (χ4n) is 2.93. The zero-order chi connectivity index (χ0) is 14.7. The number of Topliss-reactive ketones (excluding diaryl/α,β-unsaturated/α-hetero) is 1. The maximum atomic E-state index is 12.5. The van der Waals surface area contributed by atoms with Crippen LogP contribution in [0.3, 0.4) is 0 Å². The molecule has 110 valence electrons. The van der Waals surface area contributed by atoms with E-state index >= 15 is 0 Å². The highest BCUT2D eigenvalue weighted by molar-refractivity contribution is 6.08. The van der Waals surface area contributed by atoms with E-state index in [9.17, 15) is 4.79 Å². The highest BCUT2D eigenvalue weighted by Crippen LogP contribution is 2.20. The van der Waals surface area contributed by atoms with Crippen LogP contribution in [-0.2, 0) is 0 Å². The molecule has 0 atom stereocenters. The summed E-state index contributed by atoms with van der Waals surface area (Å²) >= 11 is 0. The van der Waals surface area contributed by atoms with E-state index in [4.69, 9.17) is 0 Å². The third kappa shape index (κ3) is 3.31. The van der Waals surface area contributed by atoms with Crippen molar-refractivity contribution in [3.05, 3.63) is 48.0 Å². The van der Waals surface area contributed by atoms with Crippen molar-refractivity contribution in [2.24, 2.45) is 0 Å². The molecule has 3 nitrogen and oxygen atoms in total. The van der Waals surface area contributed by atoms with Crippen LogP contribution in [0.25, 0.3) is 10.8 Å². The van der Waals surface area contributed by atoms with Crippen LogP contribution < -0.4 is 0 Å². The van der Waals surface area contributed by atoms with E-state index in [2.05, 4.69) is 29.0 Å². The number of carbonyl (C=O) groups excluding carboxylic acids is 1. The van der Waals surface area contributed by atoms with Crippen LogP contribution in [0.15, 0.2) is 42.5 Å². The van der Waals surface area contributed by atoms with Crippen LogP contribution >= 0.6 is 0 Å². The van der Waals surface area contributed by atoms with E-state index in [1.807, 2.05) is 30.3 Å². The Morgan fingerprint density at radius 1 is 1.00 bits per heavy atom. The molecule has 2 aromatic carbocycles. The Balaban J connectivity index is 1.67. The van der Waals surface area contributed by atoms with Crippen LogP contribution in [0.5, 0.6) is 0 Å². The van der Waals surface area contributed by atoms with Crippen molar-refractivity contribution < 1.29 is 4.79 Å². The van der Waals surface area contributed by atoms with Crippen LogP contribution in [0.2, 0.25) is 0 Å². The standard InChI is InChI=1S/C18H22N2O/c1-19-11-13-20(14-12-19)10-9-18(21)17-8-4-6-15-5-2-3-7-16(15)17/h2-8H,9-14H2,1H3. The van der Waals surface area contributed by atoms with E-state index in [1.54, 1.807) is 0 Å². The molecule has 1 aliphatic rings. The number of ketones is 1. The average Bonchev–Trinajstić information content (AvgIpc) is 2.53. The van der Waals surface area contributed by atoms with Gasteiger partial charge in [-0.25, -0.2) is 0 Å². The van der Waals surface area contributed by atoms with Gasteiger partial charge in [-0.2, -0.15) is 0 Å². The summed E-state index contributed by atoms with van der Waals surface area (Å²) in [6.07, 6.45) is 0.609. The Morgan fingerprint density at radius 2 is 1.71 bits per heavy atom. The maximum absolute atomic E-state index is 12.5. The third-order valence-corrected chi connectivity index (χ3v) is 4.34. The summed E-state index contributed by atoms with van der Waals surface area (Å²) in [7, 11) is 2.15. The minimum atomic E-state index is 0.255. The summed E-state index contributed by atoms with van der Waals surface area (Å²) in [5.74, 6) is 0.255. The fourth-order valence-corrected chi connectivity index (χ4v) is 2.93. The lowest BCUT2D eigenvalue weighted by Crippen LogP contribution is -2.45. The Hall–Kier alpha value is -1.71. The van der Waals surface area contributed by atoms with E-state index < -0.39 is 0 Å². The molecule has 0 saturated carbocycles. The van der Waals surface area contributed by atoms with Crippen LogP contribution in [0.1, 0.15) is 16.8 Å². The van der Waals surface area contributed by atoms with E-state index in [0.29, 0.717) is 6.42 Å². The molecule has 1 heterocycles. The van der Waals surface area contributed by atoms with Crippen molar-refractivity contribution in [1.82, 2.24) is 9.80 Å². The van der Waals surface area contributed by atoms with Gasteiger partial charge in [0.2, 0.25) is 0 Å². The lowest BCUT2D eigenvalue weighted by molar-refractivity contribution is 0.0943. The number of hydrogen-bond donors (Lipinski definition) is 0. The summed E-state index contributed by atoms with van der Waals surface area (Å²) in [6, 6.07) is 14.1. The summed E-state index contributed by atoms with van der Waals surface area (Å²) in [4.78, 5) is 17.3. The fraction of sp³-hybridized carbons (Fsp3) is 0.389. The van der Waals surface area contributed by atoms with Gasteiger partial charge in [-0.15, -0.1) is 0 Å². The predicted octanol–water partition coefficient (Wildman–Crippen LogP) is 2.66. The summed E-state index contributed by atoms with van der Waals surface area (Å²) in [5, 5.41) is 2.21. The van der Waals surface area contributed by atoms with Crippen molar-refractivity contribution >= 4 is 16.6 Å². The number of benzene rings is 2. The molecule has 0 unspecified atom stereocenters. The normalized spacial score (nSPS) is 17.2. The highest BCUT2D eigenvalue weighted by atomic mass is 16.1. The quantitative estimate of drug-likeness (QED) is 0.806. The molecule has 1 saturated heterocycles. The first-order valence-electron chi connectivity index (χ1n) is 7.66. The molecule has 2 aromatic rings. The lowest BCUT2D eigenvalue weighted by atomic mass is 10.00. The largest absolute Gasteiger partial charge is 0.304 e. The molecule has 0 N–H and O–H groups in total. The zero-order valence-corrected chi connectivity index (χ0v) is 12.6. The second kappa shape index (κ2) is 6.37. The van der Waals surface area contributed by atoms with E-state index in [1.165, 1.54) is 0 Å². The van der Waals surface area contributed by atoms with Crippen molar-refractivity contribution in [2.45, 2.75) is 6.42 Å². The molecule has 1 fully saturated rings. The van der Waals surface area contributed by atoms with Gasteiger partial charge in [0.15, 0.2) is 5.78 Å². The molecule has 1 aliphatic heterocycles. The minimum Gasteiger partial charge on any atom is -0.304 e.